The van der Waals surface area contributed by atoms with Crippen LogP contribution in [0, 0.1) is 5.92 Å². The second kappa shape index (κ2) is 4.90. The van der Waals surface area contributed by atoms with E-state index in [9.17, 15) is 4.79 Å². The highest BCUT2D eigenvalue weighted by Crippen LogP contribution is 2.44. The fourth-order valence-corrected chi connectivity index (χ4v) is 3.80. The minimum atomic E-state index is 0.305. The molecule has 1 atom stereocenters. The van der Waals surface area contributed by atoms with Gasteiger partial charge in [-0.25, -0.2) is 0 Å². The van der Waals surface area contributed by atoms with Crippen LogP contribution in [0.25, 0.3) is 0 Å². The average molecular weight is 282 g/mol. The van der Waals surface area contributed by atoms with Gasteiger partial charge in [-0.15, -0.1) is 0 Å². The fourth-order valence-electron chi connectivity index (χ4n) is 3.80. The van der Waals surface area contributed by atoms with Gasteiger partial charge in [-0.1, -0.05) is 18.2 Å². The summed E-state index contributed by atoms with van der Waals surface area (Å²) >= 11 is 0. The molecule has 0 saturated heterocycles. The summed E-state index contributed by atoms with van der Waals surface area (Å²) in [5.41, 5.74) is 5.41. The summed E-state index contributed by atoms with van der Waals surface area (Å²) in [5, 5.41) is 3.57. The Morgan fingerprint density at radius 1 is 1.24 bits per heavy atom. The van der Waals surface area contributed by atoms with Gasteiger partial charge in [0.05, 0.1) is 11.7 Å². The van der Waals surface area contributed by atoms with Crippen LogP contribution < -0.4 is 10.2 Å². The van der Waals surface area contributed by atoms with Crippen molar-refractivity contribution >= 4 is 11.6 Å². The van der Waals surface area contributed by atoms with E-state index in [1.165, 1.54) is 35.2 Å². The van der Waals surface area contributed by atoms with Crippen molar-refractivity contribution in [2.24, 2.45) is 5.92 Å². The number of aryl methyl sites for hydroxylation is 1. The number of hydrogen-bond donors (Lipinski definition) is 1. The molecule has 3 heteroatoms. The van der Waals surface area contributed by atoms with Gasteiger partial charge in [-0.05, 0) is 61.4 Å². The number of anilines is 1. The Hall–Kier alpha value is -1.77. The van der Waals surface area contributed by atoms with Crippen LogP contribution in [0.4, 0.5) is 5.69 Å². The first-order valence-electron chi connectivity index (χ1n) is 8.11. The Morgan fingerprint density at radius 3 is 2.71 bits per heavy atom. The molecular formula is C18H22N2O. The van der Waals surface area contributed by atoms with E-state index in [-0.39, 0.29) is 0 Å². The largest absolute Gasteiger partial charge is 0.384 e. The van der Waals surface area contributed by atoms with Crippen LogP contribution >= 0.6 is 0 Å². The smallest absolute Gasteiger partial charge is 0.227 e. The molecule has 110 valence electrons. The molecule has 1 aromatic rings. The van der Waals surface area contributed by atoms with Gasteiger partial charge in [-0.2, -0.15) is 0 Å². The standard InChI is InChI=1S/C18H22N2O/c1-2-8-19-17(12-3-4-12)15-10-13-5-6-16(21)20-9-7-14(11-15)18(13)20/h2,8,10-12,17,19H,3-7,9H2,1H3/b8-2-. The highest BCUT2D eigenvalue weighted by atomic mass is 16.2. The molecule has 21 heavy (non-hydrogen) atoms. The Morgan fingerprint density at radius 2 is 2.00 bits per heavy atom. The zero-order valence-electron chi connectivity index (χ0n) is 12.6. The number of amides is 1. The van der Waals surface area contributed by atoms with E-state index in [4.69, 9.17) is 0 Å². The normalized spacial score (nSPS) is 21.8. The predicted octanol–water partition coefficient (Wildman–Crippen LogP) is 3.10. The van der Waals surface area contributed by atoms with Crippen molar-refractivity contribution in [2.75, 3.05) is 11.4 Å². The molecule has 1 aromatic carbocycles. The monoisotopic (exact) mass is 282 g/mol. The van der Waals surface area contributed by atoms with E-state index >= 15 is 0 Å². The third kappa shape index (κ3) is 2.15. The van der Waals surface area contributed by atoms with Crippen LogP contribution in [-0.2, 0) is 17.6 Å². The van der Waals surface area contributed by atoms with Crippen molar-refractivity contribution in [2.45, 2.75) is 45.1 Å². The molecule has 0 radical (unpaired) electrons. The summed E-state index contributed by atoms with van der Waals surface area (Å²) in [7, 11) is 0. The molecular weight excluding hydrogens is 260 g/mol. The van der Waals surface area contributed by atoms with Crippen molar-refractivity contribution in [3.05, 3.63) is 41.1 Å². The first-order valence-corrected chi connectivity index (χ1v) is 8.11. The lowest BCUT2D eigenvalue weighted by molar-refractivity contribution is -0.118. The van der Waals surface area contributed by atoms with Crippen molar-refractivity contribution in [1.29, 1.82) is 0 Å². The third-order valence-corrected chi connectivity index (χ3v) is 4.97. The van der Waals surface area contributed by atoms with Gasteiger partial charge in [0.25, 0.3) is 0 Å². The van der Waals surface area contributed by atoms with E-state index < -0.39 is 0 Å². The molecule has 1 amide bonds. The molecule has 1 saturated carbocycles. The maximum absolute atomic E-state index is 12.0. The number of hydrogen-bond acceptors (Lipinski definition) is 2. The van der Waals surface area contributed by atoms with E-state index in [0.29, 0.717) is 18.4 Å². The number of benzene rings is 1. The van der Waals surface area contributed by atoms with Crippen LogP contribution in [-0.4, -0.2) is 12.5 Å². The summed E-state index contributed by atoms with van der Waals surface area (Å²) in [6, 6.07) is 5.13. The highest BCUT2D eigenvalue weighted by Gasteiger charge is 2.35. The first-order chi connectivity index (χ1) is 10.3. The second-order valence-electron chi connectivity index (χ2n) is 6.46. The molecule has 0 bridgehead atoms. The average Bonchev–Trinajstić information content (AvgIpc) is 3.23. The van der Waals surface area contributed by atoms with Crippen LogP contribution in [0.15, 0.2) is 24.4 Å². The van der Waals surface area contributed by atoms with Crippen molar-refractivity contribution < 1.29 is 4.79 Å². The number of nitrogens with one attached hydrogen (secondary N) is 1. The molecule has 1 unspecified atom stereocenters. The van der Waals surface area contributed by atoms with Crippen molar-refractivity contribution in [1.82, 2.24) is 5.32 Å². The Kier molecular flexibility index (Phi) is 3.02. The van der Waals surface area contributed by atoms with Crippen molar-refractivity contribution in [3.8, 4) is 0 Å². The lowest BCUT2D eigenvalue weighted by Gasteiger charge is -2.27. The zero-order valence-corrected chi connectivity index (χ0v) is 12.6. The van der Waals surface area contributed by atoms with E-state index in [1.807, 2.05) is 11.8 Å². The number of carbonyl (C=O) groups is 1. The zero-order chi connectivity index (χ0) is 14.4. The highest BCUT2D eigenvalue weighted by molar-refractivity contribution is 5.98. The molecule has 2 aliphatic heterocycles. The van der Waals surface area contributed by atoms with Crippen molar-refractivity contribution in [3.63, 3.8) is 0 Å². The fraction of sp³-hybridized carbons (Fsp3) is 0.500. The van der Waals surface area contributed by atoms with Gasteiger partial charge >= 0.3 is 0 Å². The maximum Gasteiger partial charge on any atom is 0.227 e. The molecule has 0 spiro atoms. The van der Waals surface area contributed by atoms with Crippen LogP contribution in [0.3, 0.4) is 0 Å². The summed E-state index contributed by atoms with van der Waals surface area (Å²) in [4.78, 5) is 14.0. The molecule has 0 aromatic heterocycles. The summed E-state index contributed by atoms with van der Waals surface area (Å²) < 4.78 is 0. The van der Waals surface area contributed by atoms with Gasteiger partial charge in [0, 0.05) is 13.0 Å². The number of nitrogens with zero attached hydrogens (tertiary/aromatic N) is 1. The molecule has 4 rings (SSSR count). The molecule has 2 heterocycles. The maximum atomic E-state index is 12.0. The first kappa shape index (κ1) is 12.9. The van der Waals surface area contributed by atoms with E-state index in [2.05, 4.69) is 29.7 Å². The number of carbonyl (C=O) groups excluding carboxylic acids is 1. The van der Waals surface area contributed by atoms with Gasteiger partial charge in [0.1, 0.15) is 0 Å². The summed E-state index contributed by atoms with van der Waals surface area (Å²) in [6.07, 6.45) is 9.38. The lowest BCUT2D eigenvalue weighted by atomic mass is 9.92. The Labute approximate surface area is 126 Å². The van der Waals surface area contributed by atoms with E-state index in [0.717, 1.165) is 25.3 Å². The lowest BCUT2D eigenvalue weighted by Crippen LogP contribution is -2.33. The summed E-state index contributed by atoms with van der Waals surface area (Å²) in [6.45, 7) is 2.92. The van der Waals surface area contributed by atoms with E-state index in [1.54, 1.807) is 0 Å². The number of rotatable bonds is 4. The van der Waals surface area contributed by atoms with Crippen LogP contribution in [0.2, 0.25) is 0 Å². The van der Waals surface area contributed by atoms with Crippen LogP contribution in [0.5, 0.6) is 0 Å². The molecule has 1 N–H and O–H groups in total. The molecule has 3 aliphatic rings. The predicted molar refractivity (Wildman–Crippen MR) is 84.2 cm³/mol. The molecule has 1 aliphatic carbocycles. The molecule has 1 fully saturated rings. The van der Waals surface area contributed by atoms with Gasteiger partial charge in [-0.3, -0.25) is 4.79 Å². The topological polar surface area (TPSA) is 32.3 Å². The Balaban J connectivity index is 1.73. The molecule has 3 nitrogen and oxygen atoms in total. The van der Waals surface area contributed by atoms with Gasteiger partial charge < -0.3 is 10.2 Å². The van der Waals surface area contributed by atoms with Crippen LogP contribution in [0.1, 0.15) is 48.9 Å². The minimum absolute atomic E-state index is 0.305. The summed E-state index contributed by atoms with van der Waals surface area (Å²) in [5.74, 6) is 1.08. The SMILES string of the molecule is C/C=C\NC(c1cc2c3c(c1)CCN3C(=O)CC2)C1CC1. The quantitative estimate of drug-likeness (QED) is 0.920. The van der Waals surface area contributed by atoms with Gasteiger partial charge in [0.15, 0.2) is 0 Å². The number of allylic oxidation sites excluding steroid dienone is 1. The third-order valence-electron chi connectivity index (χ3n) is 4.97. The Bertz CT molecular complexity index is 616. The second-order valence-corrected chi connectivity index (χ2v) is 6.46. The van der Waals surface area contributed by atoms with Gasteiger partial charge in [0.2, 0.25) is 5.91 Å². The minimum Gasteiger partial charge on any atom is -0.384 e.